The van der Waals surface area contributed by atoms with Gasteiger partial charge in [-0.1, -0.05) is 0 Å². The highest BCUT2D eigenvalue weighted by Gasteiger charge is 2.30. The normalized spacial score (nSPS) is 20.3. The minimum absolute atomic E-state index is 0.0463. The van der Waals surface area contributed by atoms with Gasteiger partial charge in [0.15, 0.2) is 5.75 Å². The molecule has 0 aliphatic carbocycles. The molecule has 4 heterocycles. The molecule has 1 fully saturated rings. The minimum Gasteiger partial charge on any atom is -0.484 e. The van der Waals surface area contributed by atoms with Crippen LogP contribution in [0.5, 0.6) is 11.6 Å². The molecule has 4 rings (SSSR count). The number of hydrogen-bond donors (Lipinski definition) is 1. The average Bonchev–Trinajstić information content (AvgIpc) is 3.15. The second kappa shape index (κ2) is 5.91. The van der Waals surface area contributed by atoms with Gasteiger partial charge in [0, 0.05) is 18.3 Å². The monoisotopic (exact) mass is 314 g/mol. The van der Waals surface area contributed by atoms with E-state index in [2.05, 4.69) is 15.2 Å². The third-order valence-electron chi connectivity index (χ3n) is 4.29. The molecule has 120 valence electrons. The van der Waals surface area contributed by atoms with Crippen LogP contribution in [0.3, 0.4) is 0 Å². The van der Waals surface area contributed by atoms with Gasteiger partial charge in [-0.25, -0.2) is 4.98 Å². The zero-order chi connectivity index (χ0) is 15.6. The number of likely N-dealkylation sites (tertiary alicyclic amines) is 1. The Morgan fingerprint density at radius 1 is 1.26 bits per heavy atom. The predicted molar refractivity (Wildman–Crippen MR) is 81.4 cm³/mol. The number of fused-ring (bicyclic) bond motifs is 1. The molecule has 0 bridgehead atoms. The molecular formula is C16H18N4O3. The van der Waals surface area contributed by atoms with E-state index in [0.717, 1.165) is 31.4 Å². The number of aromatic nitrogens is 3. The Balaban J connectivity index is 1.62. The number of hydrogen-bond acceptors (Lipinski definition) is 5. The Bertz CT molecular complexity index is 701. The molecule has 0 aromatic carbocycles. The quantitative estimate of drug-likeness (QED) is 0.916. The van der Waals surface area contributed by atoms with E-state index in [1.54, 1.807) is 18.3 Å². The van der Waals surface area contributed by atoms with Gasteiger partial charge in [-0.05, 0) is 31.4 Å². The third kappa shape index (κ3) is 2.62. The third-order valence-corrected chi connectivity index (χ3v) is 4.29. The molecule has 7 nitrogen and oxygen atoms in total. The molecule has 23 heavy (non-hydrogen) atoms. The first-order valence-electron chi connectivity index (χ1n) is 7.89. The van der Waals surface area contributed by atoms with E-state index < -0.39 is 0 Å². The van der Waals surface area contributed by atoms with Crippen LogP contribution in [0.1, 0.15) is 41.4 Å². The van der Waals surface area contributed by atoms with E-state index in [1.165, 1.54) is 0 Å². The molecule has 2 aliphatic rings. The van der Waals surface area contributed by atoms with E-state index in [-0.39, 0.29) is 11.9 Å². The first kappa shape index (κ1) is 14.0. The van der Waals surface area contributed by atoms with Crippen molar-refractivity contribution in [2.75, 3.05) is 19.8 Å². The molecule has 1 N–H and O–H groups in total. The van der Waals surface area contributed by atoms with E-state index in [9.17, 15) is 4.79 Å². The number of ether oxygens (including phenoxy) is 2. The maximum Gasteiger partial charge on any atom is 0.273 e. The van der Waals surface area contributed by atoms with Crippen LogP contribution in [0.2, 0.25) is 0 Å². The van der Waals surface area contributed by atoms with Crippen molar-refractivity contribution in [1.82, 2.24) is 20.1 Å². The smallest absolute Gasteiger partial charge is 0.273 e. The van der Waals surface area contributed by atoms with E-state index in [1.807, 2.05) is 11.1 Å². The van der Waals surface area contributed by atoms with Crippen molar-refractivity contribution in [3.05, 3.63) is 35.8 Å². The number of aromatic amines is 1. The number of pyridine rings is 1. The van der Waals surface area contributed by atoms with Crippen LogP contribution < -0.4 is 9.47 Å². The van der Waals surface area contributed by atoms with Gasteiger partial charge in [0.2, 0.25) is 0 Å². The lowest BCUT2D eigenvalue weighted by molar-refractivity contribution is 0.0603. The van der Waals surface area contributed by atoms with Crippen LogP contribution in [-0.2, 0) is 0 Å². The number of amides is 1. The highest BCUT2D eigenvalue weighted by molar-refractivity contribution is 5.93. The van der Waals surface area contributed by atoms with Gasteiger partial charge in [0.05, 0.1) is 12.2 Å². The average molecular weight is 314 g/mol. The van der Waals surface area contributed by atoms with Crippen LogP contribution in [-0.4, -0.2) is 45.7 Å². The predicted octanol–water partition coefficient (Wildman–Crippen LogP) is 1.94. The summed E-state index contributed by atoms with van der Waals surface area (Å²) in [6.45, 7) is 1.69. The zero-order valence-electron chi connectivity index (χ0n) is 12.7. The second-order valence-corrected chi connectivity index (χ2v) is 5.74. The van der Waals surface area contributed by atoms with Gasteiger partial charge in [0.25, 0.3) is 11.8 Å². The summed E-state index contributed by atoms with van der Waals surface area (Å²) in [7, 11) is 0. The number of piperidine rings is 1. The molecule has 2 aromatic rings. The fourth-order valence-electron chi connectivity index (χ4n) is 3.16. The van der Waals surface area contributed by atoms with Gasteiger partial charge in [-0.2, -0.15) is 5.10 Å². The summed E-state index contributed by atoms with van der Waals surface area (Å²) in [6, 6.07) is 3.51. The fourth-order valence-corrected chi connectivity index (χ4v) is 3.16. The first-order valence-corrected chi connectivity index (χ1v) is 7.89. The number of nitrogens with zero attached hydrogens (tertiary/aromatic N) is 3. The lowest BCUT2D eigenvalue weighted by Gasteiger charge is -2.35. The maximum absolute atomic E-state index is 12.9. The molecule has 0 spiro atoms. The van der Waals surface area contributed by atoms with Crippen molar-refractivity contribution in [3.63, 3.8) is 0 Å². The number of carbonyl (C=O) groups is 1. The molecule has 2 aliphatic heterocycles. The Kier molecular flexibility index (Phi) is 3.61. The summed E-state index contributed by atoms with van der Waals surface area (Å²) in [5, 5.41) is 6.83. The van der Waals surface area contributed by atoms with Crippen molar-refractivity contribution < 1.29 is 14.3 Å². The Morgan fingerprint density at radius 3 is 3.04 bits per heavy atom. The largest absolute Gasteiger partial charge is 0.484 e. The van der Waals surface area contributed by atoms with Gasteiger partial charge < -0.3 is 14.4 Å². The standard InChI is InChI=1S/C16H18N4O3/c21-16(12-4-5-14-15(19-12)23-8-7-22-14)20-6-2-1-3-13(20)11-9-17-18-10-11/h4-5,9-10,13H,1-3,6-8H2,(H,17,18). The molecule has 0 saturated carbocycles. The number of H-pyrrole nitrogens is 1. The Hall–Kier alpha value is -2.57. The topological polar surface area (TPSA) is 80.3 Å². The van der Waals surface area contributed by atoms with Crippen molar-refractivity contribution in [2.24, 2.45) is 0 Å². The summed E-state index contributed by atoms with van der Waals surface area (Å²) in [5.41, 5.74) is 1.43. The van der Waals surface area contributed by atoms with Crippen molar-refractivity contribution in [3.8, 4) is 11.6 Å². The lowest BCUT2D eigenvalue weighted by Crippen LogP contribution is -2.38. The highest BCUT2D eigenvalue weighted by atomic mass is 16.6. The molecule has 0 radical (unpaired) electrons. The van der Waals surface area contributed by atoms with Crippen molar-refractivity contribution >= 4 is 5.91 Å². The summed E-state index contributed by atoms with van der Waals surface area (Å²) in [5.74, 6) is 0.921. The maximum atomic E-state index is 12.9. The second-order valence-electron chi connectivity index (χ2n) is 5.74. The lowest BCUT2D eigenvalue weighted by atomic mass is 9.97. The fraction of sp³-hybridized carbons (Fsp3) is 0.438. The molecule has 2 aromatic heterocycles. The van der Waals surface area contributed by atoms with Gasteiger partial charge in [0.1, 0.15) is 18.9 Å². The molecule has 1 atom stereocenters. The number of rotatable bonds is 2. The summed E-state index contributed by atoms with van der Waals surface area (Å²) >= 11 is 0. The van der Waals surface area contributed by atoms with E-state index >= 15 is 0 Å². The first-order chi connectivity index (χ1) is 11.3. The van der Waals surface area contributed by atoms with Crippen molar-refractivity contribution in [1.29, 1.82) is 0 Å². The van der Waals surface area contributed by atoms with Crippen molar-refractivity contribution in [2.45, 2.75) is 25.3 Å². The molecule has 1 saturated heterocycles. The number of carbonyl (C=O) groups excluding carboxylic acids is 1. The van der Waals surface area contributed by atoms with Crippen LogP contribution >= 0.6 is 0 Å². The van der Waals surface area contributed by atoms with Gasteiger partial charge in [-0.3, -0.25) is 9.89 Å². The van der Waals surface area contributed by atoms with Gasteiger partial charge in [-0.15, -0.1) is 0 Å². The molecular weight excluding hydrogens is 296 g/mol. The summed E-state index contributed by atoms with van der Waals surface area (Å²) in [4.78, 5) is 19.2. The van der Waals surface area contributed by atoms with Gasteiger partial charge >= 0.3 is 0 Å². The van der Waals surface area contributed by atoms with E-state index in [0.29, 0.717) is 30.5 Å². The van der Waals surface area contributed by atoms with E-state index in [4.69, 9.17) is 9.47 Å². The number of nitrogens with one attached hydrogen (secondary N) is 1. The summed E-state index contributed by atoms with van der Waals surface area (Å²) < 4.78 is 10.9. The molecule has 1 unspecified atom stereocenters. The molecule has 7 heteroatoms. The summed E-state index contributed by atoms with van der Waals surface area (Å²) in [6.07, 6.45) is 6.69. The van der Waals surface area contributed by atoms with Crippen LogP contribution in [0.4, 0.5) is 0 Å². The van der Waals surface area contributed by atoms with Crippen LogP contribution in [0.25, 0.3) is 0 Å². The zero-order valence-corrected chi connectivity index (χ0v) is 12.7. The minimum atomic E-state index is -0.0760. The molecule has 1 amide bonds. The Labute approximate surface area is 133 Å². The highest BCUT2D eigenvalue weighted by Crippen LogP contribution is 2.33. The van der Waals surface area contributed by atoms with Crippen LogP contribution in [0, 0.1) is 0 Å². The van der Waals surface area contributed by atoms with Crippen LogP contribution in [0.15, 0.2) is 24.5 Å². The Morgan fingerprint density at radius 2 is 2.17 bits per heavy atom. The SMILES string of the molecule is O=C(c1ccc2c(n1)OCCO2)N1CCCCC1c1cn[nH]c1.